The first-order chi connectivity index (χ1) is 7.58. The Balaban J connectivity index is 2.37. The van der Waals surface area contributed by atoms with E-state index in [0.29, 0.717) is 11.6 Å². The first-order valence-electron chi connectivity index (χ1n) is 5.10. The second-order valence-electron chi connectivity index (χ2n) is 3.87. The van der Waals surface area contributed by atoms with E-state index in [4.69, 9.17) is 0 Å². The summed E-state index contributed by atoms with van der Waals surface area (Å²) in [6.07, 6.45) is 1.89. The fourth-order valence-electron chi connectivity index (χ4n) is 1.63. The van der Waals surface area contributed by atoms with Gasteiger partial charge in [0, 0.05) is 13.2 Å². The number of halogens is 1. The minimum atomic E-state index is -0.263. The molecule has 4 heteroatoms. The average Bonchev–Trinajstić information content (AvgIpc) is 2.51. The smallest absolute Gasteiger partial charge is 0.207 e. The van der Waals surface area contributed by atoms with Gasteiger partial charge in [-0.05, 0) is 25.5 Å². The summed E-state index contributed by atoms with van der Waals surface area (Å²) in [6.45, 7) is 3.76. The molecular formula is C12H14FN3. The number of hydrogen-bond donors (Lipinski definition) is 1. The first-order valence-corrected chi connectivity index (χ1v) is 5.10. The van der Waals surface area contributed by atoms with E-state index in [1.807, 2.05) is 37.7 Å². The third kappa shape index (κ3) is 1.91. The summed E-state index contributed by atoms with van der Waals surface area (Å²) in [7, 11) is 1.87. The summed E-state index contributed by atoms with van der Waals surface area (Å²) in [4.78, 5) is 4.27. The Kier molecular flexibility index (Phi) is 2.64. The highest BCUT2D eigenvalue weighted by molar-refractivity contribution is 5.59. The van der Waals surface area contributed by atoms with Gasteiger partial charge in [0.2, 0.25) is 5.95 Å². The number of aryl methyl sites for hydroxylation is 3. The molecule has 0 amide bonds. The molecule has 1 aromatic carbocycles. The van der Waals surface area contributed by atoms with Crippen LogP contribution in [0.3, 0.4) is 0 Å². The molecule has 0 aliphatic carbocycles. The van der Waals surface area contributed by atoms with Gasteiger partial charge in [-0.25, -0.2) is 9.37 Å². The van der Waals surface area contributed by atoms with Crippen LogP contribution in [0.2, 0.25) is 0 Å². The van der Waals surface area contributed by atoms with Crippen molar-refractivity contribution in [3.63, 3.8) is 0 Å². The summed E-state index contributed by atoms with van der Waals surface area (Å²) < 4.78 is 15.4. The lowest BCUT2D eigenvalue weighted by Crippen LogP contribution is -2.02. The van der Waals surface area contributed by atoms with Crippen molar-refractivity contribution >= 4 is 11.6 Å². The maximum absolute atomic E-state index is 13.6. The maximum atomic E-state index is 13.6. The van der Waals surface area contributed by atoms with Gasteiger partial charge in [-0.15, -0.1) is 0 Å². The van der Waals surface area contributed by atoms with Crippen LogP contribution in [-0.4, -0.2) is 9.55 Å². The average molecular weight is 219 g/mol. The summed E-state index contributed by atoms with van der Waals surface area (Å²) >= 11 is 0. The quantitative estimate of drug-likeness (QED) is 0.841. The second kappa shape index (κ2) is 3.96. The Morgan fingerprint density at radius 1 is 1.31 bits per heavy atom. The summed E-state index contributed by atoms with van der Waals surface area (Å²) in [5, 5.41) is 3.01. The zero-order valence-corrected chi connectivity index (χ0v) is 9.58. The zero-order valence-electron chi connectivity index (χ0n) is 9.58. The van der Waals surface area contributed by atoms with Crippen molar-refractivity contribution in [2.75, 3.05) is 5.32 Å². The number of para-hydroxylation sites is 1. The van der Waals surface area contributed by atoms with Crippen LogP contribution in [0.1, 0.15) is 11.3 Å². The molecule has 1 aromatic heterocycles. The Morgan fingerprint density at radius 3 is 2.62 bits per heavy atom. The largest absolute Gasteiger partial charge is 0.323 e. The number of benzene rings is 1. The van der Waals surface area contributed by atoms with Crippen molar-refractivity contribution in [2.45, 2.75) is 13.8 Å². The zero-order chi connectivity index (χ0) is 11.7. The topological polar surface area (TPSA) is 29.9 Å². The van der Waals surface area contributed by atoms with E-state index in [2.05, 4.69) is 10.3 Å². The molecule has 0 saturated heterocycles. The second-order valence-corrected chi connectivity index (χ2v) is 3.87. The lowest BCUT2D eigenvalue weighted by Gasteiger charge is -2.09. The molecule has 1 N–H and O–H groups in total. The lowest BCUT2D eigenvalue weighted by atomic mass is 10.2. The van der Waals surface area contributed by atoms with E-state index in [9.17, 15) is 4.39 Å². The van der Waals surface area contributed by atoms with E-state index in [1.54, 1.807) is 6.07 Å². The van der Waals surface area contributed by atoms with Crippen LogP contribution >= 0.6 is 0 Å². The van der Waals surface area contributed by atoms with E-state index in [1.165, 1.54) is 6.07 Å². The number of rotatable bonds is 2. The Bertz CT molecular complexity index is 497. The molecule has 16 heavy (non-hydrogen) atoms. The molecule has 2 rings (SSSR count). The van der Waals surface area contributed by atoms with Crippen LogP contribution in [0.4, 0.5) is 16.0 Å². The van der Waals surface area contributed by atoms with Crippen molar-refractivity contribution < 1.29 is 4.39 Å². The molecule has 3 nitrogen and oxygen atoms in total. The van der Waals surface area contributed by atoms with Gasteiger partial charge in [0.15, 0.2) is 0 Å². The molecule has 0 aliphatic rings. The van der Waals surface area contributed by atoms with E-state index >= 15 is 0 Å². The van der Waals surface area contributed by atoms with Crippen LogP contribution in [0.15, 0.2) is 24.4 Å². The number of aromatic nitrogens is 2. The Labute approximate surface area is 93.9 Å². The Morgan fingerprint density at radius 2 is 2.06 bits per heavy atom. The van der Waals surface area contributed by atoms with Gasteiger partial charge in [0.05, 0.1) is 11.4 Å². The molecule has 0 unspecified atom stereocenters. The van der Waals surface area contributed by atoms with E-state index < -0.39 is 0 Å². The van der Waals surface area contributed by atoms with Gasteiger partial charge in [0.25, 0.3) is 0 Å². The Hall–Kier alpha value is -1.84. The highest BCUT2D eigenvalue weighted by Gasteiger charge is 2.08. The molecule has 0 saturated carbocycles. The summed E-state index contributed by atoms with van der Waals surface area (Å²) in [6, 6.07) is 4.99. The molecule has 1 heterocycles. The van der Waals surface area contributed by atoms with E-state index in [-0.39, 0.29) is 5.82 Å². The highest BCUT2D eigenvalue weighted by Crippen LogP contribution is 2.22. The predicted molar refractivity (Wildman–Crippen MR) is 62.4 cm³/mol. The highest BCUT2D eigenvalue weighted by atomic mass is 19.1. The third-order valence-electron chi connectivity index (χ3n) is 2.46. The number of nitrogens with zero attached hydrogens (tertiary/aromatic N) is 2. The van der Waals surface area contributed by atoms with Crippen molar-refractivity contribution in [2.24, 2.45) is 7.05 Å². The van der Waals surface area contributed by atoms with Crippen LogP contribution in [0, 0.1) is 19.7 Å². The molecule has 0 fully saturated rings. The number of anilines is 2. The van der Waals surface area contributed by atoms with Crippen LogP contribution in [0.25, 0.3) is 0 Å². The molecular weight excluding hydrogens is 205 g/mol. The standard InChI is InChI=1S/C12H14FN3/c1-8-5-4-6-10(13)11(8)15-12-14-9(2)7-16(12)3/h4-7H,1-3H3,(H,14,15). The van der Waals surface area contributed by atoms with Crippen molar-refractivity contribution in [3.8, 4) is 0 Å². The normalized spacial score (nSPS) is 10.5. The number of hydrogen-bond acceptors (Lipinski definition) is 2. The SMILES string of the molecule is Cc1cn(C)c(Nc2c(C)cccc2F)n1. The fourth-order valence-corrected chi connectivity index (χ4v) is 1.63. The van der Waals surface area contributed by atoms with Gasteiger partial charge < -0.3 is 9.88 Å². The summed E-state index contributed by atoms with van der Waals surface area (Å²) in [5.41, 5.74) is 2.25. The first kappa shape index (κ1) is 10.7. The van der Waals surface area contributed by atoms with E-state index in [0.717, 1.165) is 11.3 Å². The van der Waals surface area contributed by atoms with Gasteiger partial charge in [-0.1, -0.05) is 12.1 Å². The number of nitrogens with one attached hydrogen (secondary N) is 1. The number of imidazole rings is 1. The third-order valence-corrected chi connectivity index (χ3v) is 2.46. The molecule has 2 aromatic rings. The fraction of sp³-hybridized carbons (Fsp3) is 0.250. The molecule has 0 bridgehead atoms. The maximum Gasteiger partial charge on any atom is 0.207 e. The monoisotopic (exact) mass is 219 g/mol. The van der Waals surface area contributed by atoms with Crippen molar-refractivity contribution in [3.05, 3.63) is 41.5 Å². The van der Waals surface area contributed by atoms with Gasteiger partial charge in [0.1, 0.15) is 5.82 Å². The van der Waals surface area contributed by atoms with Gasteiger partial charge >= 0.3 is 0 Å². The molecule has 0 radical (unpaired) electrons. The van der Waals surface area contributed by atoms with Crippen molar-refractivity contribution in [1.82, 2.24) is 9.55 Å². The molecule has 0 atom stereocenters. The molecule has 0 spiro atoms. The molecule has 0 aliphatic heterocycles. The van der Waals surface area contributed by atoms with Crippen LogP contribution in [0.5, 0.6) is 0 Å². The summed E-state index contributed by atoms with van der Waals surface area (Å²) in [5.74, 6) is 0.381. The minimum absolute atomic E-state index is 0.263. The minimum Gasteiger partial charge on any atom is -0.323 e. The van der Waals surface area contributed by atoms with Gasteiger partial charge in [-0.3, -0.25) is 0 Å². The van der Waals surface area contributed by atoms with Crippen LogP contribution < -0.4 is 5.32 Å². The van der Waals surface area contributed by atoms with Gasteiger partial charge in [-0.2, -0.15) is 0 Å². The van der Waals surface area contributed by atoms with Crippen molar-refractivity contribution in [1.29, 1.82) is 0 Å². The predicted octanol–water partition coefficient (Wildman–Crippen LogP) is 2.92. The van der Waals surface area contributed by atoms with Crippen LogP contribution in [-0.2, 0) is 7.05 Å². The molecule has 84 valence electrons. The lowest BCUT2D eigenvalue weighted by molar-refractivity contribution is 0.630.